The van der Waals surface area contributed by atoms with E-state index in [0.29, 0.717) is 0 Å². The summed E-state index contributed by atoms with van der Waals surface area (Å²) in [6, 6.07) is 17.9. The first-order valence-corrected chi connectivity index (χ1v) is 6.35. The molecule has 1 atom stereocenters. The zero-order valence-corrected chi connectivity index (χ0v) is 11.3. The second-order valence-electron chi connectivity index (χ2n) is 4.70. The summed E-state index contributed by atoms with van der Waals surface area (Å²) in [5.74, 6) is 0. The van der Waals surface area contributed by atoms with Gasteiger partial charge in [-0.25, -0.2) is 0 Å². The SMILES string of the molecule is CN(C)c1ccc(C=CC(O)c2ccccc2)cc1. The number of hydrogen-bond acceptors (Lipinski definition) is 2. The van der Waals surface area contributed by atoms with Crippen LogP contribution in [0.25, 0.3) is 6.08 Å². The Kier molecular flexibility index (Phi) is 4.37. The molecule has 2 nitrogen and oxygen atoms in total. The summed E-state index contributed by atoms with van der Waals surface area (Å²) in [6.45, 7) is 0. The lowest BCUT2D eigenvalue weighted by atomic mass is 10.1. The number of benzene rings is 2. The predicted molar refractivity (Wildman–Crippen MR) is 81.2 cm³/mol. The third kappa shape index (κ3) is 3.70. The van der Waals surface area contributed by atoms with E-state index in [9.17, 15) is 5.11 Å². The third-order valence-electron chi connectivity index (χ3n) is 3.02. The number of anilines is 1. The Hall–Kier alpha value is -2.06. The first kappa shape index (κ1) is 13.4. The highest BCUT2D eigenvalue weighted by Gasteiger charge is 2.01. The predicted octanol–water partition coefficient (Wildman–Crippen LogP) is 3.50. The first-order valence-electron chi connectivity index (χ1n) is 6.35. The van der Waals surface area contributed by atoms with Gasteiger partial charge in [0.15, 0.2) is 0 Å². The molecule has 0 aliphatic rings. The molecule has 0 aromatic heterocycles. The Balaban J connectivity index is 2.06. The van der Waals surface area contributed by atoms with Gasteiger partial charge in [0.1, 0.15) is 0 Å². The molecule has 0 amide bonds. The van der Waals surface area contributed by atoms with Crippen LogP contribution in [0.5, 0.6) is 0 Å². The molecular weight excluding hydrogens is 234 g/mol. The van der Waals surface area contributed by atoms with Crippen LogP contribution in [0, 0.1) is 0 Å². The summed E-state index contributed by atoms with van der Waals surface area (Å²) >= 11 is 0. The van der Waals surface area contributed by atoms with Crippen LogP contribution in [0.1, 0.15) is 17.2 Å². The van der Waals surface area contributed by atoms with Gasteiger partial charge in [-0.05, 0) is 23.3 Å². The maximum atomic E-state index is 10.0. The van der Waals surface area contributed by atoms with Crippen molar-refractivity contribution < 1.29 is 5.11 Å². The zero-order valence-electron chi connectivity index (χ0n) is 11.3. The zero-order chi connectivity index (χ0) is 13.7. The average Bonchev–Trinajstić information content (AvgIpc) is 2.46. The smallest absolute Gasteiger partial charge is 0.0975 e. The fourth-order valence-corrected chi connectivity index (χ4v) is 1.85. The van der Waals surface area contributed by atoms with Crippen LogP contribution >= 0.6 is 0 Å². The normalized spacial score (nSPS) is 12.6. The van der Waals surface area contributed by atoms with E-state index in [-0.39, 0.29) is 0 Å². The molecular formula is C17H19NO. The molecule has 1 N–H and O–H groups in total. The summed E-state index contributed by atoms with van der Waals surface area (Å²) in [6.07, 6.45) is 3.19. The minimum atomic E-state index is -0.560. The highest BCUT2D eigenvalue weighted by Crippen LogP contribution is 2.17. The van der Waals surface area contributed by atoms with Gasteiger partial charge in [0, 0.05) is 19.8 Å². The van der Waals surface area contributed by atoms with E-state index in [1.165, 1.54) is 5.69 Å². The molecule has 0 spiro atoms. The molecule has 2 rings (SSSR count). The Labute approximate surface area is 114 Å². The van der Waals surface area contributed by atoms with Gasteiger partial charge in [-0.1, -0.05) is 54.6 Å². The molecule has 0 saturated carbocycles. The lowest BCUT2D eigenvalue weighted by Gasteiger charge is -2.12. The molecule has 19 heavy (non-hydrogen) atoms. The first-order chi connectivity index (χ1) is 9.16. The van der Waals surface area contributed by atoms with Crippen molar-refractivity contribution in [3.8, 4) is 0 Å². The summed E-state index contributed by atoms with van der Waals surface area (Å²) < 4.78 is 0. The van der Waals surface area contributed by atoms with E-state index in [2.05, 4.69) is 17.0 Å². The van der Waals surface area contributed by atoms with Crippen LogP contribution in [0.3, 0.4) is 0 Å². The molecule has 2 heteroatoms. The quantitative estimate of drug-likeness (QED) is 0.901. The Morgan fingerprint density at radius 1 is 0.947 bits per heavy atom. The van der Waals surface area contributed by atoms with Crippen LogP contribution in [0.4, 0.5) is 5.69 Å². The van der Waals surface area contributed by atoms with Crippen molar-refractivity contribution in [2.45, 2.75) is 6.10 Å². The van der Waals surface area contributed by atoms with E-state index >= 15 is 0 Å². The van der Waals surface area contributed by atoms with Crippen molar-refractivity contribution in [1.29, 1.82) is 0 Å². The maximum absolute atomic E-state index is 10.0. The average molecular weight is 253 g/mol. The second kappa shape index (κ2) is 6.21. The van der Waals surface area contributed by atoms with Gasteiger partial charge in [-0.15, -0.1) is 0 Å². The van der Waals surface area contributed by atoms with E-state index in [4.69, 9.17) is 0 Å². The molecule has 0 bridgehead atoms. The van der Waals surface area contributed by atoms with Gasteiger partial charge < -0.3 is 10.0 Å². The molecule has 0 aliphatic carbocycles. The monoisotopic (exact) mass is 253 g/mol. The van der Waals surface area contributed by atoms with Gasteiger partial charge >= 0.3 is 0 Å². The van der Waals surface area contributed by atoms with E-state index in [1.807, 2.05) is 62.6 Å². The molecule has 98 valence electrons. The van der Waals surface area contributed by atoms with Crippen molar-refractivity contribution in [3.05, 3.63) is 71.8 Å². The summed E-state index contributed by atoms with van der Waals surface area (Å²) in [7, 11) is 4.04. The molecule has 1 unspecified atom stereocenters. The van der Waals surface area contributed by atoms with Gasteiger partial charge in [0.2, 0.25) is 0 Å². The largest absolute Gasteiger partial charge is 0.384 e. The van der Waals surface area contributed by atoms with Crippen LogP contribution < -0.4 is 4.90 Å². The Morgan fingerprint density at radius 3 is 2.16 bits per heavy atom. The van der Waals surface area contributed by atoms with E-state index < -0.39 is 6.10 Å². The van der Waals surface area contributed by atoms with Gasteiger partial charge in [0.05, 0.1) is 6.10 Å². The number of hydrogen-bond donors (Lipinski definition) is 1. The van der Waals surface area contributed by atoms with Gasteiger partial charge in [-0.3, -0.25) is 0 Å². The summed E-state index contributed by atoms with van der Waals surface area (Å²) in [5.41, 5.74) is 3.16. The minimum absolute atomic E-state index is 0.560. The summed E-state index contributed by atoms with van der Waals surface area (Å²) in [5, 5.41) is 10.0. The maximum Gasteiger partial charge on any atom is 0.0975 e. The molecule has 0 fully saturated rings. The van der Waals surface area contributed by atoms with Gasteiger partial charge in [0.25, 0.3) is 0 Å². The lowest BCUT2D eigenvalue weighted by Crippen LogP contribution is -2.07. The third-order valence-corrected chi connectivity index (χ3v) is 3.02. The van der Waals surface area contributed by atoms with Crippen LogP contribution in [-0.4, -0.2) is 19.2 Å². The van der Waals surface area contributed by atoms with Crippen molar-refractivity contribution in [2.75, 3.05) is 19.0 Å². The molecule has 0 radical (unpaired) electrons. The number of aliphatic hydroxyl groups is 1. The standard InChI is InChI=1S/C17H19NO/c1-18(2)16-11-8-14(9-12-16)10-13-17(19)15-6-4-3-5-7-15/h3-13,17,19H,1-2H3. The van der Waals surface area contributed by atoms with Gasteiger partial charge in [-0.2, -0.15) is 0 Å². The molecule has 0 saturated heterocycles. The highest BCUT2D eigenvalue weighted by atomic mass is 16.3. The molecule has 0 aliphatic heterocycles. The lowest BCUT2D eigenvalue weighted by molar-refractivity contribution is 0.229. The van der Waals surface area contributed by atoms with Crippen molar-refractivity contribution >= 4 is 11.8 Å². The molecule has 2 aromatic rings. The van der Waals surface area contributed by atoms with E-state index in [0.717, 1.165) is 11.1 Å². The fraction of sp³-hybridized carbons (Fsp3) is 0.176. The topological polar surface area (TPSA) is 23.5 Å². The van der Waals surface area contributed by atoms with Crippen LogP contribution in [0.15, 0.2) is 60.7 Å². The van der Waals surface area contributed by atoms with Crippen molar-refractivity contribution in [1.82, 2.24) is 0 Å². The van der Waals surface area contributed by atoms with Crippen molar-refractivity contribution in [2.24, 2.45) is 0 Å². The minimum Gasteiger partial charge on any atom is -0.384 e. The Bertz CT molecular complexity index is 529. The highest BCUT2D eigenvalue weighted by molar-refractivity contribution is 5.56. The second-order valence-corrected chi connectivity index (χ2v) is 4.70. The van der Waals surface area contributed by atoms with Crippen molar-refractivity contribution in [3.63, 3.8) is 0 Å². The molecule has 0 heterocycles. The molecule has 2 aromatic carbocycles. The number of rotatable bonds is 4. The fourth-order valence-electron chi connectivity index (χ4n) is 1.85. The van der Waals surface area contributed by atoms with Crippen LogP contribution in [-0.2, 0) is 0 Å². The van der Waals surface area contributed by atoms with E-state index in [1.54, 1.807) is 6.08 Å². The summed E-state index contributed by atoms with van der Waals surface area (Å²) in [4.78, 5) is 2.06. The number of nitrogens with zero attached hydrogens (tertiary/aromatic N) is 1. The Morgan fingerprint density at radius 2 is 1.58 bits per heavy atom. The number of aliphatic hydroxyl groups excluding tert-OH is 1. The van der Waals surface area contributed by atoms with Crippen LogP contribution in [0.2, 0.25) is 0 Å².